The van der Waals surface area contributed by atoms with Gasteiger partial charge in [-0.3, -0.25) is 18.8 Å². The number of aromatic nitrogens is 4. The summed E-state index contributed by atoms with van der Waals surface area (Å²) in [5.41, 5.74) is 1.17. The van der Waals surface area contributed by atoms with Crippen molar-refractivity contribution in [3.05, 3.63) is 99.2 Å². The lowest BCUT2D eigenvalue weighted by Gasteiger charge is -2.14. The lowest BCUT2D eigenvalue weighted by atomic mass is 9.96. The summed E-state index contributed by atoms with van der Waals surface area (Å²) >= 11 is 5.99. The number of halogens is 4. The predicted octanol–water partition coefficient (Wildman–Crippen LogP) is 6.71. The van der Waals surface area contributed by atoms with Gasteiger partial charge in [-0.1, -0.05) is 24.6 Å². The molecule has 0 aliphatic rings. The van der Waals surface area contributed by atoms with Gasteiger partial charge in [-0.25, -0.2) is 4.98 Å². The fourth-order valence-electron chi connectivity index (χ4n) is 4.56. The van der Waals surface area contributed by atoms with Crippen molar-refractivity contribution in [1.82, 2.24) is 19.3 Å². The summed E-state index contributed by atoms with van der Waals surface area (Å²) in [4.78, 5) is 30.9. The first kappa shape index (κ1) is 25.7. The molecular weight excluding hydrogens is 517 g/mol. The Bertz CT molecular complexity index is 1740. The van der Waals surface area contributed by atoms with Crippen LogP contribution in [-0.2, 0) is 13.2 Å². The highest BCUT2D eigenvalue weighted by molar-refractivity contribution is 6.29. The van der Waals surface area contributed by atoms with Crippen LogP contribution in [0.4, 0.5) is 13.2 Å². The van der Waals surface area contributed by atoms with Crippen LogP contribution in [0.1, 0.15) is 47.3 Å². The van der Waals surface area contributed by atoms with Crippen molar-refractivity contribution in [3.63, 3.8) is 0 Å². The number of fused-ring (bicyclic) bond motifs is 3. The normalized spacial score (nSPS) is 12.8. The largest absolute Gasteiger partial charge is 0.416 e. The van der Waals surface area contributed by atoms with E-state index in [9.17, 15) is 22.8 Å². The molecule has 0 unspecified atom stereocenters. The topological polar surface area (TPSA) is 69.8 Å². The number of carbonyl (C=O) groups is 1. The number of benzene rings is 2. The number of rotatable bonds is 6. The third-order valence-corrected chi connectivity index (χ3v) is 6.79. The van der Waals surface area contributed by atoms with E-state index < -0.39 is 17.3 Å². The lowest BCUT2D eigenvalue weighted by molar-refractivity contribution is -0.137. The minimum absolute atomic E-state index is 0.0189. The highest BCUT2D eigenvalue weighted by Gasteiger charge is 2.30. The van der Waals surface area contributed by atoms with Crippen molar-refractivity contribution in [2.45, 2.75) is 31.9 Å². The maximum absolute atomic E-state index is 13.4. The summed E-state index contributed by atoms with van der Waals surface area (Å²) < 4.78 is 42.1. The monoisotopic (exact) mass is 538 g/mol. The van der Waals surface area contributed by atoms with Crippen LogP contribution in [0, 0.1) is 0 Å². The number of nitrogens with zero attached hydrogens (tertiary/aromatic N) is 4. The maximum atomic E-state index is 13.4. The lowest BCUT2D eigenvalue weighted by Crippen LogP contribution is -2.19. The molecule has 0 spiro atoms. The number of carbonyl (C=O) groups excluding carboxylic acids is 1. The molecule has 38 heavy (non-hydrogen) atoms. The van der Waals surface area contributed by atoms with E-state index in [1.165, 1.54) is 21.4 Å². The van der Waals surface area contributed by atoms with Crippen LogP contribution in [0.5, 0.6) is 0 Å². The molecule has 3 aromatic heterocycles. The van der Waals surface area contributed by atoms with Crippen molar-refractivity contribution < 1.29 is 18.0 Å². The van der Waals surface area contributed by atoms with Gasteiger partial charge < -0.3 is 0 Å². The minimum atomic E-state index is -4.49. The molecule has 5 aromatic rings. The number of ketones is 1. The standard InChI is InChI=1S/C28H22ClF3N4O2/c1-16(22-4-3-5-25(29)33-22)6-13-24(37)17-7-12-23-20(14-17)26-21(15-35(2)34-26)27(38)36(23)19-10-8-18(9-11-19)28(30,31)32/h3-5,7-12,14-16H,6,13H2,1-2H3/t16-/m0/s1. The highest BCUT2D eigenvalue weighted by Crippen LogP contribution is 2.31. The zero-order chi connectivity index (χ0) is 27.2. The maximum Gasteiger partial charge on any atom is 0.416 e. The molecule has 10 heteroatoms. The smallest absolute Gasteiger partial charge is 0.294 e. The second kappa shape index (κ2) is 9.72. The molecule has 0 N–H and O–H groups in total. The van der Waals surface area contributed by atoms with E-state index in [1.54, 1.807) is 37.5 Å². The Balaban J connectivity index is 1.54. The molecule has 0 radical (unpaired) electrons. The van der Waals surface area contributed by atoms with E-state index >= 15 is 0 Å². The molecule has 0 fully saturated rings. The number of aryl methyl sites for hydroxylation is 1. The van der Waals surface area contributed by atoms with Gasteiger partial charge in [0.25, 0.3) is 5.56 Å². The Morgan fingerprint density at radius 3 is 2.47 bits per heavy atom. The summed E-state index contributed by atoms with van der Waals surface area (Å²) in [6.07, 6.45) is -2.10. The molecule has 6 nitrogen and oxygen atoms in total. The fraction of sp³-hybridized carbons (Fsp3) is 0.214. The average molecular weight is 539 g/mol. The zero-order valence-electron chi connectivity index (χ0n) is 20.5. The van der Waals surface area contributed by atoms with Gasteiger partial charge in [0.1, 0.15) is 10.7 Å². The van der Waals surface area contributed by atoms with Gasteiger partial charge in [-0.05, 0) is 66.9 Å². The van der Waals surface area contributed by atoms with Crippen LogP contribution >= 0.6 is 11.6 Å². The van der Waals surface area contributed by atoms with E-state index in [0.717, 1.165) is 17.8 Å². The summed E-state index contributed by atoms with van der Waals surface area (Å²) in [6.45, 7) is 1.98. The second-order valence-corrected chi connectivity index (χ2v) is 9.62. The average Bonchev–Trinajstić information content (AvgIpc) is 3.29. The molecule has 1 atom stereocenters. The van der Waals surface area contributed by atoms with Gasteiger partial charge in [0.2, 0.25) is 0 Å². The number of hydrogen-bond acceptors (Lipinski definition) is 4. The van der Waals surface area contributed by atoms with E-state index in [-0.39, 0.29) is 23.8 Å². The molecule has 194 valence electrons. The van der Waals surface area contributed by atoms with Gasteiger partial charge in [0.15, 0.2) is 5.78 Å². The molecule has 3 heterocycles. The van der Waals surface area contributed by atoms with Crippen LogP contribution in [0.25, 0.3) is 27.5 Å². The molecule has 0 saturated heterocycles. The Labute approximate surface area is 220 Å². The van der Waals surface area contributed by atoms with E-state index in [2.05, 4.69) is 10.1 Å². The van der Waals surface area contributed by atoms with Crippen LogP contribution in [0.2, 0.25) is 5.15 Å². The third-order valence-electron chi connectivity index (χ3n) is 6.58. The minimum Gasteiger partial charge on any atom is -0.294 e. The molecule has 0 amide bonds. The van der Waals surface area contributed by atoms with Crippen LogP contribution in [0.3, 0.4) is 0 Å². The van der Waals surface area contributed by atoms with Crippen molar-refractivity contribution >= 4 is 39.2 Å². The van der Waals surface area contributed by atoms with Crippen molar-refractivity contribution in [3.8, 4) is 5.69 Å². The van der Waals surface area contributed by atoms with Crippen molar-refractivity contribution in [1.29, 1.82) is 0 Å². The van der Waals surface area contributed by atoms with E-state index in [0.29, 0.717) is 38.9 Å². The Morgan fingerprint density at radius 1 is 1.05 bits per heavy atom. The SMILES string of the molecule is C[C@@H](CCC(=O)c1ccc2c(c1)c1nn(C)cc1c(=O)n2-c1ccc(C(F)(F)F)cc1)c1cccc(Cl)n1. The van der Waals surface area contributed by atoms with Crippen LogP contribution < -0.4 is 5.56 Å². The van der Waals surface area contributed by atoms with Gasteiger partial charge in [0, 0.05) is 42.0 Å². The number of hydrogen-bond donors (Lipinski definition) is 0. The Hall–Kier alpha value is -3.98. The predicted molar refractivity (Wildman–Crippen MR) is 140 cm³/mol. The van der Waals surface area contributed by atoms with Crippen LogP contribution in [0.15, 0.2) is 71.7 Å². The first-order chi connectivity index (χ1) is 18.0. The van der Waals surface area contributed by atoms with Gasteiger partial charge in [0.05, 0.1) is 16.5 Å². The number of Topliss-reactive ketones (excluding diaryl/α,β-unsaturated/α-hetero) is 1. The zero-order valence-corrected chi connectivity index (χ0v) is 21.2. The Morgan fingerprint density at radius 2 is 1.79 bits per heavy atom. The van der Waals surface area contributed by atoms with Gasteiger partial charge >= 0.3 is 6.18 Å². The molecule has 0 aliphatic carbocycles. The van der Waals surface area contributed by atoms with Crippen LogP contribution in [-0.4, -0.2) is 25.1 Å². The number of pyridine rings is 2. The van der Waals surface area contributed by atoms with Gasteiger partial charge in [-0.2, -0.15) is 18.3 Å². The summed E-state index contributed by atoms with van der Waals surface area (Å²) in [7, 11) is 1.67. The fourth-order valence-corrected chi connectivity index (χ4v) is 4.73. The molecule has 0 bridgehead atoms. The molecular formula is C28H22ClF3N4O2. The summed E-state index contributed by atoms with van der Waals surface area (Å²) in [5, 5.41) is 5.67. The third kappa shape index (κ3) is 4.81. The summed E-state index contributed by atoms with van der Waals surface area (Å²) in [5.74, 6) is -0.0670. The Kier molecular flexibility index (Phi) is 6.56. The van der Waals surface area contributed by atoms with Gasteiger partial charge in [-0.15, -0.1) is 0 Å². The molecule has 0 aliphatic heterocycles. The first-order valence-electron chi connectivity index (χ1n) is 11.9. The van der Waals surface area contributed by atoms with Crippen molar-refractivity contribution in [2.24, 2.45) is 7.05 Å². The number of alkyl halides is 3. The second-order valence-electron chi connectivity index (χ2n) is 9.23. The molecule has 5 rings (SSSR count). The first-order valence-corrected chi connectivity index (χ1v) is 12.3. The molecule has 2 aromatic carbocycles. The molecule has 0 saturated carbocycles. The van der Waals surface area contributed by atoms with E-state index in [4.69, 9.17) is 11.6 Å². The highest BCUT2D eigenvalue weighted by atomic mass is 35.5. The van der Waals surface area contributed by atoms with Crippen molar-refractivity contribution in [2.75, 3.05) is 0 Å². The van der Waals surface area contributed by atoms with E-state index in [1.807, 2.05) is 19.1 Å². The quantitative estimate of drug-likeness (QED) is 0.178. The summed E-state index contributed by atoms with van der Waals surface area (Å²) in [6, 6.07) is 14.7.